The van der Waals surface area contributed by atoms with Gasteiger partial charge < -0.3 is 10.2 Å². The summed E-state index contributed by atoms with van der Waals surface area (Å²) in [7, 11) is 0. The van der Waals surface area contributed by atoms with E-state index in [1.807, 2.05) is 24.5 Å². The number of hydrogen-bond donors (Lipinski definition) is 1. The van der Waals surface area contributed by atoms with Gasteiger partial charge in [0.1, 0.15) is 5.82 Å². The van der Waals surface area contributed by atoms with Crippen LogP contribution in [0.4, 0.5) is 11.8 Å². The van der Waals surface area contributed by atoms with E-state index in [0.717, 1.165) is 37.8 Å². The van der Waals surface area contributed by atoms with Crippen LogP contribution < -0.4 is 10.2 Å². The highest BCUT2D eigenvalue weighted by Crippen LogP contribution is 2.21. The van der Waals surface area contributed by atoms with Gasteiger partial charge in [0.15, 0.2) is 0 Å². The van der Waals surface area contributed by atoms with E-state index in [0.29, 0.717) is 5.95 Å². The zero-order valence-corrected chi connectivity index (χ0v) is 13.1. The van der Waals surface area contributed by atoms with Gasteiger partial charge in [0.2, 0.25) is 5.95 Å². The zero-order valence-electron chi connectivity index (χ0n) is 13.1. The molecule has 1 aliphatic rings. The Morgan fingerprint density at radius 1 is 1.23 bits per heavy atom. The number of pyridine rings is 1. The second kappa shape index (κ2) is 7.20. The molecule has 1 fully saturated rings. The molecule has 5 nitrogen and oxygen atoms in total. The molecule has 116 valence electrons. The quantitative estimate of drug-likeness (QED) is 0.919. The maximum absolute atomic E-state index is 4.64. The van der Waals surface area contributed by atoms with Crippen LogP contribution in [0.15, 0.2) is 36.8 Å². The third-order valence-corrected chi connectivity index (χ3v) is 4.17. The van der Waals surface area contributed by atoms with Crippen molar-refractivity contribution in [3.8, 4) is 0 Å². The fourth-order valence-electron chi connectivity index (χ4n) is 2.71. The summed E-state index contributed by atoms with van der Waals surface area (Å²) in [5, 5.41) is 3.30. The van der Waals surface area contributed by atoms with Crippen LogP contribution in [0.5, 0.6) is 0 Å². The van der Waals surface area contributed by atoms with Crippen molar-refractivity contribution in [1.82, 2.24) is 15.0 Å². The average molecular weight is 297 g/mol. The van der Waals surface area contributed by atoms with Gasteiger partial charge in [0, 0.05) is 38.2 Å². The molecule has 22 heavy (non-hydrogen) atoms. The molecule has 2 aromatic rings. The van der Waals surface area contributed by atoms with E-state index in [4.69, 9.17) is 0 Å². The molecule has 5 heteroatoms. The van der Waals surface area contributed by atoms with Crippen molar-refractivity contribution in [3.63, 3.8) is 0 Å². The number of anilines is 2. The Labute approximate surface area is 131 Å². The summed E-state index contributed by atoms with van der Waals surface area (Å²) in [6.45, 7) is 5.32. The Kier molecular flexibility index (Phi) is 4.83. The first kappa shape index (κ1) is 14.8. The van der Waals surface area contributed by atoms with Gasteiger partial charge in [-0.25, -0.2) is 4.98 Å². The van der Waals surface area contributed by atoms with Crippen molar-refractivity contribution < 1.29 is 0 Å². The molecule has 0 bridgehead atoms. The molecule has 0 spiro atoms. The maximum atomic E-state index is 4.64. The minimum absolute atomic E-state index is 0.708. The van der Waals surface area contributed by atoms with Gasteiger partial charge in [-0.3, -0.25) is 4.98 Å². The summed E-state index contributed by atoms with van der Waals surface area (Å²) in [5.41, 5.74) is 1.22. The van der Waals surface area contributed by atoms with Gasteiger partial charge in [-0.1, -0.05) is 13.0 Å². The highest BCUT2D eigenvalue weighted by Gasteiger charge is 2.17. The number of piperidine rings is 1. The van der Waals surface area contributed by atoms with Crippen molar-refractivity contribution in [3.05, 3.63) is 42.4 Å². The minimum Gasteiger partial charge on any atom is -0.356 e. The first-order valence-corrected chi connectivity index (χ1v) is 8.02. The second-order valence-corrected chi connectivity index (χ2v) is 5.95. The number of nitrogens with one attached hydrogen (secondary N) is 1. The van der Waals surface area contributed by atoms with E-state index in [1.165, 1.54) is 18.4 Å². The Morgan fingerprint density at radius 2 is 2.09 bits per heavy atom. The first-order valence-electron chi connectivity index (χ1n) is 8.02. The molecule has 2 aromatic heterocycles. The number of hydrogen-bond acceptors (Lipinski definition) is 5. The predicted octanol–water partition coefficient (Wildman–Crippen LogP) is 2.76. The third kappa shape index (κ3) is 3.93. The summed E-state index contributed by atoms with van der Waals surface area (Å²) in [6.07, 6.45) is 8.94. The van der Waals surface area contributed by atoms with Gasteiger partial charge in [-0.2, -0.15) is 4.98 Å². The van der Waals surface area contributed by atoms with Crippen LogP contribution in [0.1, 0.15) is 25.3 Å². The van der Waals surface area contributed by atoms with Crippen LogP contribution >= 0.6 is 0 Å². The summed E-state index contributed by atoms with van der Waals surface area (Å²) in [4.78, 5) is 15.4. The molecule has 0 amide bonds. The molecule has 0 aromatic carbocycles. The van der Waals surface area contributed by atoms with E-state index >= 15 is 0 Å². The Hall–Kier alpha value is -2.17. The van der Waals surface area contributed by atoms with E-state index in [1.54, 1.807) is 6.20 Å². The molecule has 0 saturated carbocycles. The lowest BCUT2D eigenvalue weighted by Gasteiger charge is -2.31. The summed E-state index contributed by atoms with van der Waals surface area (Å²) in [5.74, 6) is 2.57. The molecule has 0 radical (unpaired) electrons. The highest BCUT2D eigenvalue weighted by atomic mass is 15.2. The van der Waals surface area contributed by atoms with E-state index < -0.39 is 0 Å². The van der Waals surface area contributed by atoms with Crippen molar-refractivity contribution in [2.75, 3.05) is 29.9 Å². The molecule has 1 N–H and O–H groups in total. The molecule has 0 atom stereocenters. The summed E-state index contributed by atoms with van der Waals surface area (Å²) < 4.78 is 0. The SMILES string of the molecule is CC1CCN(c2ccnc(NCCc3cccnc3)n2)CC1. The summed E-state index contributed by atoms with van der Waals surface area (Å²) >= 11 is 0. The van der Waals surface area contributed by atoms with E-state index in [9.17, 15) is 0 Å². The van der Waals surface area contributed by atoms with Gasteiger partial charge >= 0.3 is 0 Å². The largest absolute Gasteiger partial charge is 0.356 e. The van der Waals surface area contributed by atoms with Crippen LogP contribution in [0.2, 0.25) is 0 Å². The minimum atomic E-state index is 0.708. The van der Waals surface area contributed by atoms with Gasteiger partial charge in [0.25, 0.3) is 0 Å². The molecule has 3 heterocycles. The fraction of sp³-hybridized carbons (Fsp3) is 0.471. The van der Waals surface area contributed by atoms with Crippen LogP contribution in [0.25, 0.3) is 0 Å². The monoisotopic (exact) mass is 297 g/mol. The predicted molar refractivity (Wildman–Crippen MR) is 89.1 cm³/mol. The lowest BCUT2D eigenvalue weighted by atomic mass is 9.99. The third-order valence-electron chi connectivity index (χ3n) is 4.17. The summed E-state index contributed by atoms with van der Waals surface area (Å²) in [6, 6.07) is 6.05. The Bertz CT molecular complexity index is 579. The van der Waals surface area contributed by atoms with Crippen molar-refractivity contribution in [2.45, 2.75) is 26.2 Å². The van der Waals surface area contributed by atoms with Crippen molar-refractivity contribution >= 4 is 11.8 Å². The first-order chi connectivity index (χ1) is 10.8. The van der Waals surface area contributed by atoms with Crippen molar-refractivity contribution in [1.29, 1.82) is 0 Å². The second-order valence-electron chi connectivity index (χ2n) is 5.95. The maximum Gasteiger partial charge on any atom is 0.224 e. The smallest absolute Gasteiger partial charge is 0.224 e. The molecular weight excluding hydrogens is 274 g/mol. The van der Waals surface area contributed by atoms with Crippen LogP contribution in [-0.2, 0) is 6.42 Å². The van der Waals surface area contributed by atoms with Crippen LogP contribution in [0, 0.1) is 5.92 Å². The van der Waals surface area contributed by atoms with Gasteiger partial charge in [-0.15, -0.1) is 0 Å². The average Bonchev–Trinajstić information content (AvgIpc) is 2.57. The lowest BCUT2D eigenvalue weighted by molar-refractivity contribution is 0.436. The molecule has 1 aliphatic heterocycles. The standard InChI is InChI=1S/C17H23N5/c1-14-6-11-22(12-7-14)16-5-10-20-17(21-16)19-9-4-15-3-2-8-18-13-15/h2-3,5,8,10,13-14H,4,6-7,9,11-12H2,1H3,(H,19,20,21). The molecule has 0 unspecified atom stereocenters. The number of aromatic nitrogens is 3. The van der Waals surface area contributed by atoms with Crippen LogP contribution in [0.3, 0.4) is 0 Å². The molecule has 3 rings (SSSR count). The number of rotatable bonds is 5. The Morgan fingerprint density at radius 3 is 2.86 bits per heavy atom. The van der Waals surface area contributed by atoms with E-state index in [2.05, 4.69) is 38.2 Å². The Balaban J connectivity index is 1.55. The highest BCUT2D eigenvalue weighted by molar-refractivity contribution is 5.42. The van der Waals surface area contributed by atoms with Crippen molar-refractivity contribution in [2.24, 2.45) is 5.92 Å². The van der Waals surface area contributed by atoms with Gasteiger partial charge in [0.05, 0.1) is 0 Å². The lowest BCUT2D eigenvalue weighted by Crippen LogP contribution is -2.33. The number of nitrogens with zero attached hydrogens (tertiary/aromatic N) is 4. The fourth-order valence-corrected chi connectivity index (χ4v) is 2.71. The molecule has 1 saturated heterocycles. The van der Waals surface area contributed by atoms with Gasteiger partial charge in [-0.05, 0) is 42.9 Å². The topological polar surface area (TPSA) is 53.9 Å². The normalized spacial score (nSPS) is 15.8. The van der Waals surface area contributed by atoms with Crippen LogP contribution in [-0.4, -0.2) is 34.6 Å². The molecule has 0 aliphatic carbocycles. The zero-order chi connectivity index (χ0) is 15.2. The molecular formula is C17H23N5. The van der Waals surface area contributed by atoms with E-state index in [-0.39, 0.29) is 0 Å².